The van der Waals surface area contributed by atoms with Gasteiger partial charge in [-0.05, 0) is 37.5 Å². The molecule has 1 aromatic rings. The molecule has 0 unspecified atom stereocenters. The lowest BCUT2D eigenvalue weighted by molar-refractivity contribution is 0.395. The first-order valence-electron chi connectivity index (χ1n) is 7.29. The van der Waals surface area contributed by atoms with Gasteiger partial charge in [0.15, 0.2) is 0 Å². The molecule has 0 saturated heterocycles. The summed E-state index contributed by atoms with van der Waals surface area (Å²) in [5, 5.41) is 0. The molecule has 114 valence electrons. The van der Waals surface area contributed by atoms with Crippen molar-refractivity contribution < 1.29 is 8.42 Å². The minimum atomic E-state index is -3.45. The number of anilines is 1. The van der Waals surface area contributed by atoms with Gasteiger partial charge < -0.3 is 5.73 Å². The number of nitrogens with two attached hydrogens (primary N) is 1. The van der Waals surface area contributed by atoms with Crippen molar-refractivity contribution in [2.75, 3.05) is 18.8 Å². The Bertz CT molecular complexity index is 519. The predicted octanol–water partition coefficient (Wildman–Crippen LogP) is 3.17. The van der Waals surface area contributed by atoms with Crippen LogP contribution in [-0.2, 0) is 10.0 Å². The summed E-state index contributed by atoms with van der Waals surface area (Å²) < 4.78 is 27.2. The number of sulfonamides is 1. The fourth-order valence-electron chi connectivity index (χ4n) is 2.05. The maximum atomic E-state index is 12.8. The first-order chi connectivity index (χ1) is 9.43. The highest BCUT2D eigenvalue weighted by Gasteiger charge is 2.25. The van der Waals surface area contributed by atoms with Crippen LogP contribution in [0, 0.1) is 6.92 Å². The number of aryl methyl sites for hydroxylation is 1. The average molecular weight is 298 g/mol. The maximum absolute atomic E-state index is 12.8. The van der Waals surface area contributed by atoms with E-state index in [0.717, 1.165) is 31.2 Å². The van der Waals surface area contributed by atoms with E-state index in [1.165, 1.54) is 0 Å². The Morgan fingerprint density at radius 1 is 1.10 bits per heavy atom. The number of nitrogens with zero attached hydrogens (tertiary/aromatic N) is 1. The van der Waals surface area contributed by atoms with Gasteiger partial charge in [0.25, 0.3) is 0 Å². The van der Waals surface area contributed by atoms with Crippen molar-refractivity contribution in [2.45, 2.75) is 51.3 Å². The number of nitrogen functional groups attached to an aromatic ring is 1. The second-order valence-corrected chi connectivity index (χ2v) is 7.04. The summed E-state index contributed by atoms with van der Waals surface area (Å²) in [4.78, 5) is 0.338. The summed E-state index contributed by atoms with van der Waals surface area (Å²) in [5.74, 6) is 0. The Morgan fingerprint density at radius 2 is 1.65 bits per heavy atom. The van der Waals surface area contributed by atoms with E-state index in [-0.39, 0.29) is 0 Å². The molecule has 0 amide bonds. The number of hydrogen-bond donors (Lipinski definition) is 1. The van der Waals surface area contributed by atoms with Gasteiger partial charge in [-0.3, -0.25) is 0 Å². The van der Waals surface area contributed by atoms with Crippen molar-refractivity contribution in [1.82, 2.24) is 4.31 Å². The molecule has 0 aromatic heterocycles. The fourth-order valence-corrected chi connectivity index (χ4v) is 3.83. The van der Waals surface area contributed by atoms with Gasteiger partial charge in [0.05, 0.1) is 4.90 Å². The molecule has 0 saturated carbocycles. The van der Waals surface area contributed by atoms with Crippen molar-refractivity contribution in [3.05, 3.63) is 23.8 Å². The van der Waals surface area contributed by atoms with E-state index in [0.29, 0.717) is 23.7 Å². The molecule has 5 heteroatoms. The molecule has 4 nitrogen and oxygen atoms in total. The Kier molecular flexibility index (Phi) is 6.49. The van der Waals surface area contributed by atoms with Crippen LogP contribution in [0.2, 0.25) is 0 Å². The molecule has 1 aromatic carbocycles. The molecule has 0 bridgehead atoms. The third-order valence-electron chi connectivity index (χ3n) is 3.35. The number of benzene rings is 1. The highest BCUT2D eigenvalue weighted by molar-refractivity contribution is 7.89. The third kappa shape index (κ3) is 4.21. The standard InChI is InChI=1S/C15H26N2O2S/c1-4-6-10-17(11-7-5-2)20(18,19)15-12-14(16)9-8-13(15)3/h8-9,12H,4-7,10-11,16H2,1-3H3. The Balaban J connectivity index is 3.10. The van der Waals surface area contributed by atoms with Gasteiger partial charge in [-0.25, -0.2) is 8.42 Å². The van der Waals surface area contributed by atoms with E-state index < -0.39 is 10.0 Å². The third-order valence-corrected chi connectivity index (χ3v) is 5.39. The Labute approximate surface area is 123 Å². The minimum Gasteiger partial charge on any atom is -0.399 e. The largest absolute Gasteiger partial charge is 0.399 e. The molecule has 0 spiro atoms. The molecule has 0 aliphatic heterocycles. The normalized spacial score (nSPS) is 12.0. The summed E-state index contributed by atoms with van der Waals surface area (Å²) >= 11 is 0. The second kappa shape index (κ2) is 7.64. The van der Waals surface area contributed by atoms with Crippen molar-refractivity contribution in [3.63, 3.8) is 0 Å². The fraction of sp³-hybridized carbons (Fsp3) is 0.600. The quantitative estimate of drug-likeness (QED) is 0.750. The van der Waals surface area contributed by atoms with Gasteiger partial charge >= 0.3 is 0 Å². The first-order valence-corrected chi connectivity index (χ1v) is 8.73. The first kappa shape index (κ1) is 17.0. The molecule has 0 fully saturated rings. The van der Waals surface area contributed by atoms with Gasteiger partial charge in [0.1, 0.15) is 0 Å². The van der Waals surface area contributed by atoms with Gasteiger partial charge in [-0.15, -0.1) is 0 Å². The van der Waals surface area contributed by atoms with Crippen molar-refractivity contribution in [2.24, 2.45) is 0 Å². The van der Waals surface area contributed by atoms with Crippen LogP contribution in [0.15, 0.2) is 23.1 Å². The Hall–Kier alpha value is -1.07. The summed E-state index contributed by atoms with van der Waals surface area (Å²) in [6, 6.07) is 5.06. The van der Waals surface area contributed by atoms with Crippen LogP contribution < -0.4 is 5.73 Å². The smallest absolute Gasteiger partial charge is 0.243 e. The highest BCUT2D eigenvalue weighted by Crippen LogP contribution is 2.23. The summed E-state index contributed by atoms with van der Waals surface area (Å²) in [7, 11) is -3.45. The number of unbranched alkanes of at least 4 members (excludes halogenated alkanes) is 2. The van der Waals surface area contributed by atoms with Gasteiger partial charge in [-0.1, -0.05) is 32.8 Å². The number of rotatable bonds is 8. The molecule has 0 aliphatic rings. The van der Waals surface area contributed by atoms with Crippen LogP contribution in [-0.4, -0.2) is 25.8 Å². The molecule has 0 heterocycles. The van der Waals surface area contributed by atoms with Gasteiger partial charge in [0, 0.05) is 18.8 Å². The van der Waals surface area contributed by atoms with E-state index in [9.17, 15) is 8.42 Å². The molecule has 0 aliphatic carbocycles. The lowest BCUT2D eigenvalue weighted by atomic mass is 10.2. The summed E-state index contributed by atoms with van der Waals surface area (Å²) in [6.45, 7) is 7.09. The lowest BCUT2D eigenvalue weighted by Crippen LogP contribution is -2.33. The molecule has 1 rings (SSSR count). The maximum Gasteiger partial charge on any atom is 0.243 e. The minimum absolute atomic E-state index is 0.338. The van der Waals surface area contributed by atoms with E-state index in [1.54, 1.807) is 22.5 Å². The van der Waals surface area contributed by atoms with E-state index >= 15 is 0 Å². The van der Waals surface area contributed by atoms with Crippen LogP contribution in [0.5, 0.6) is 0 Å². The van der Waals surface area contributed by atoms with Gasteiger partial charge in [0.2, 0.25) is 10.0 Å². The highest BCUT2D eigenvalue weighted by atomic mass is 32.2. The van der Waals surface area contributed by atoms with Crippen LogP contribution >= 0.6 is 0 Å². The topological polar surface area (TPSA) is 63.4 Å². The van der Waals surface area contributed by atoms with E-state index in [1.807, 2.05) is 6.92 Å². The molecule has 0 atom stereocenters. The molecule has 20 heavy (non-hydrogen) atoms. The molecule has 2 N–H and O–H groups in total. The lowest BCUT2D eigenvalue weighted by Gasteiger charge is -2.23. The van der Waals surface area contributed by atoms with Crippen LogP contribution in [0.3, 0.4) is 0 Å². The van der Waals surface area contributed by atoms with Crippen LogP contribution in [0.1, 0.15) is 45.1 Å². The predicted molar refractivity (Wildman–Crippen MR) is 84.2 cm³/mol. The molecular formula is C15H26N2O2S. The summed E-state index contributed by atoms with van der Waals surface area (Å²) in [5.41, 5.74) is 6.98. The van der Waals surface area contributed by atoms with Crippen LogP contribution in [0.25, 0.3) is 0 Å². The van der Waals surface area contributed by atoms with Crippen molar-refractivity contribution >= 4 is 15.7 Å². The van der Waals surface area contributed by atoms with Gasteiger partial charge in [-0.2, -0.15) is 4.31 Å². The monoisotopic (exact) mass is 298 g/mol. The van der Waals surface area contributed by atoms with Crippen molar-refractivity contribution in [3.8, 4) is 0 Å². The zero-order valence-electron chi connectivity index (χ0n) is 12.7. The van der Waals surface area contributed by atoms with Crippen molar-refractivity contribution in [1.29, 1.82) is 0 Å². The van der Waals surface area contributed by atoms with E-state index in [2.05, 4.69) is 13.8 Å². The van der Waals surface area contributed by atoms with Crippen LogP contribution in [0.4, 0.5) is 5.69 Å². The SMILES string of the molecule is CCCCN(CCCC)S(=O)(=O)c1cc(N)ccc1C. The number of hydrogen-bond acceptors (Lipinski definition) is 3. The zero-order valence-corrected chi connectivity index (χ0v) is 13.5. The summed E-state index contributed by atoms with van der Waals surface area (Å²) in [6.07, 6.45) is 3.72. The second-order valence-electron chi connectivity index (χ2n) is 5.14. The molecule has 0 radical (unpaired) electrons. The average Bonchev–Trinajstić information content (AvgIpc) is 2.41. The molecular weight excluding hydrogens is 272 g/mol. The zero-order chi connectivity index (χ0) is 15.2. The van der Waals surface area contributed by atoms with E-state index in [4.69, 9.17) is 5.73 Å². The Morgan fingerprint density at radius 3 is 2.15 bits per heavy atom.